The van der Waals surface area contributed by atoms with E-state index in [0.29, 0.717) is 37.2 Å². The topological polar surface area (TPSA) is 69.6 Å². The van der Waals surface area contributed by atoms with Crippen molar-refractivity contribution in [2.24, 2.45) is 5.10 Å². The summed E-state index contributed by atoms with van der Waals surface area (Å²) in [4.78, 5) is 12.1. The van der Waals surface area contributed by atoms with E-state index >= 15 is 0 Å². The number of hydrogen-bond donors (Lipinski definition) is 0. The zero-order chi connectivity index (χ0) is 20.4. The maximum absolute atomic E-state index is 12.1. The van der Waals surface area contributed by atoms with Crippen LogP contribution in [0.1, 0.15) is 44.1 Å². The van der Waals surface area contributed by atoms with Crippen LogP contribution >= 0.6 is 0 Å². The van der Waals surface area contributed by atoms with Crippen molar-refractivity contribution in [2.75, 3.05) is 41.1 Å². The molecule has 0 N–H and O–H groups in total. The van der Waals surface area contributed by atoms with E-state index in [-0.39, 0.29) is 18.3 Å². The maximum Gasteiger partial charge on any atom is 0.306 e. The van der Waals surface area contributed by atoms with Crippen LogP contribution in [0.25, 0.3) is 0 Å². The van der Waals surface area contributed by atoms with Gasteiger partial charge in [-0.2, -0.15) is 5.10 Å². The van der Waals surface area contributed by atoms with Gasteiger partial charge in [0.15, 0.2) is 11.5 Å². The summed E-state index contributed by atoms with van der Waals surface area (Å²) in [7, 11) is 4.92. The van der Waals surface area contributed by atoms with E-state index in [2.05, 4.69) is 10.1 Å². The largest absolute Gasteiger partial charge is 0.493 e. The summed E-state index contributed by atoms with van der Waals surface area (Å²) in [5, 5.41) is 6.72. The number of benzene rings is 1. The van der Waals surface area contributed by atoms with Crippen molar-refractivity contribution in [3.63, 3.8) is 0 Å². The van der Waals surface area contributed by atoms with Crippen LogP contribution in [-0.2, 0) is 14.3 Å². The third-order valence-corrected chi connectivity index (χ3v) is 4.92. The van der Waals surface area contributed by atoms with Crippen LogP contribution in [0, 0.1) is 0 Å². The van der Waals surface area contributed by atoms with Gasteiger partial charge in [-0.15, -0.1) is 0 Å². The first-order valence-corrected chi connectivity index (χ1v) is 9.78. The molecule has 1 aliphatic rings. The number of nitrogens with zero attached hydrogens (tertiary/aromatic N) is 2. The predicted molar refractivity (Wildman–Crippen MR) is 108 cm³/mol. The van der Waals surface area contributed by atoms with Crippen molar-refractivity contribution in [1.82, 2.24) is 5.01 Å². The van der Waals surface area contributed by atoms with E-state index in [0.717, 1.165) is 24.9 Å². The van der Waals surface area contributed by atoms with Gasteiger partial charge < -0.3 is 18.9 Å². The number of ether oxygens (including phenoxy) is 4. The number of esters is 1. The van der Waals surface area contributed by atoms with Gasteiger partial charge in [-0.05, 0) is 49.8 Å². The summed E-state index contributed by atoms with van der Waals surface area (Å²) in [6.45, 7) is 3.80. The summed E-state index contributed by atoms with van der Waals surface area (Å²) >= 11 is 0. The Balaban J connectivity index is 2.13. The minimum Gasteiger partial charge on any atom is -0.493 e. The molecule has 0 aliphatic carbocycles. The highest BCUT2D eigenvalue weighted by atomic mass is 16.5. The van der Waals surface area contributed by atoms with Crippen LogP contribution in [0.5, 0.6) is 11.5 Å². The average Bonchev–Trinajstić information content (AvgIpc) is 3.14. The molecular weight excluding hydrogens is 360 g/mol. The number of methoxy groups -OCH3 is 3. The van der Waals surface area contributed by atoms with Gasteiger partial charge in [0.05, 0.1) is 39.9 Å². The van der Waals surface area contributed by atoms with Crippen molar-refractivity contribution in [1.29, 1.82) is 0 Å². The van der Waals surface area contributed by atoms with Crippen LogP contribution in [0.4, 0.5) is 0 Å². The standard InChI is InChI=1S/C21H32N2O5/c1-5-28-21(24)14-17(16-8-9-19(26-3)20(13-16)27-4)10-11-22-23-12-6-7-18(23)15-25-2/h8-9,11,13,17-18H,5-7,10,12,14-15H2,1-4H3/b22-11-/t17-,18+/m1/s1. The monoisotopic (exact) mass is 392 g/mol. The quantitative estimate of drug-likeness (QED) is 0.425. The second-order valence-corrected chi connectivity index (χ2v) is 6.77. The number of hydrogen-bond acceptors (Lipinski definition) is 7. The van der Waals surface area contributed by atoms with E-state index < -0.39 is 0 Å². The Kier molecular flexibility index (Phi) is 9.07. The van der Waals surface area contributed by atoms with Gasteiger partial charge in [0.25, 0.3) is 0 Å². The normalized spacial score (nSPS) is 17.7. The first-order valence-electron chi connectivity index (χ1n) is 9.78. The summed E-state index contributed by atoms with van der Waals surface area (Å²) < 4.78 is 21.2. The van der Waals surface area contributed by atoms with Gasteiger partial charge in [0, 0.05) is 19.9 Å². The molecule has 28 heavy (non-hydrogen) atoms. The average molecular weight is 392 g/mol. The molecule has 1 aliphatic heterocycles. The number of hydrazone groups is 1. The second kappa shape index (κ2) is 11.5. The van der Waals surface area contributed by atoms with Crippen LogP contribution < -0.4 is 9.47 Å². The third-order valence-electron chi connectivity index (χ3n) is 4.92. The zero-order valence-corrected chi connectivity index (χ0v) is 17.3. The Morgan fingerprint density at radius 3 is 2.75 bits per heavy atom. The first kappa shape index (κ1) is 22.0. The van der Waals surface area contributed by atoms with Crippen LogP contribution in [0.3, 0.4) is 0 Å². The molecule has 1 aromatic rings. The Bertz CT molecular complexity index is 650. The predicted octanol–water partition coefficient (Wildman–Crippen LogP) is 3.23. The fraction of sp³-hybridized carbons (Fsp3) is 0.619. The Morgan fingerprint density at radius 1 is 1.29 bits per heavy atom. The lowest BCUT2D eigenvalue weighted by molar-refractivity contribution is -0.143. The molecule has 156 valence electrons. The van der Waals surface area contributed by atoms with E-state index in [1.54, 1.807) is 21.3 Å². The SMILES string of the molecule is CCOC(=O)C[C@@H](C/C=N\N1CCC[C@H]1COC)c1ccc(OC)c(OC)c1. The van der Waals surface area contributed by atoms with Crippen molar-refractivity contribution in [3.8, 4) is 11.5 Å². The van der Waals surface area contributed by atoms with Gasteiger partial charge >= 0.3 is 5.97 Å². The summed E-state index contributed by atoms with van der Waals surface area (Å²) in [5.74, 6) is 1.04. The highest BCUT2D eigenvalue weighted by Gasteiger charge is 2.23. The van der Waals surface area contributed by atoms with E-state index in [1.807, 2.05) is 31.3 Å². The van der Waals surface area contributed by atoms with Gasteiger partial charge in [-0.1, -0.05) is 6.07 Å². The van der Waals surface area contributed by atoms with E-state index in [4.69, 9.17) is 18.9 Å². The lowest BCUT2D eigenvalue weighted by Crippen LogP contribution is -2.28. The smallest absolute Gasteiger partial charge is 0.306 e. The molecule has 0 spiro atoms. The highest BCUT2D eigenvalue weighted by Crippen LogP contribution is 2.33. The minimum absolute atomic E-state index is 0.0499. The van der Waals surface area contributed by atoms with Crippen LogP contribution in [0.15, 0.2) is 23.3 Å². The molecule has 7 nitrogen and oxygen atoms in total. The summed E-state index contributed by atoms with van der Waals surface area (Å²) in [6.07, 6.45) is 5.02. The number of carbonyl (C=O) groups excluding carboxylic acids is 1. The highest BCUT2D eigenvalue weighted by molar-refractivity contribution is 5.72. The molecule has 0 amide bonds. The lowest BCUT2D eigenvalue weighted by Gasteiger charge is -2.21. The van der Waals surface area contributed by atoms with Crippen molar-refractivity contribution < 1.29 is 23.7 Å². The number of carbonyl (C=O) groups is 1. The van der Waals surface area contributed by atoms with Gasteiger partial charge in [0.1, 0.15) is 0 Å². The fourth-order valence-electron chi connectivity index (χ4n) is 3.48. The lowest BCUT2D eigenvalue weighted by atomic mass is 9.92. The molecule has 0 unspecified atom stereocenters. The molecular formula is C21H32N2O5. The Morgan fingerprint density at radius 2 is 2.07 bits per heavy atom. The molecule has 1 saturated heterocycles. The second-order valence-electron chi connectivity index (χ2n) is 6.77. The van der Waals surface area contributed by atoms with E-state index in [9.17, 15) is 4.79 Å². The molecule has 2 rings (SSSR count). The molecule has 0 radical (unpaired) electrons. The molecule has 1 aromatic carbocycles. The summed E-state index contributed by atoms with van der Waals surface area (Å²) in [5.41, 5.74) is 0.993. The van der Waals surface area contributed by atoms with Crippen molar-refractivity contribution >= 4 is 12.2 Å². The van der Waals surface area contributed by atoms with Gasteiger partial charge in [-0.3, -0.25) is 9.80 Å². The molecule has 0 bridgehead atoms. The zero-order valence-electron chi connectivity index (χ0n) is 17.3. The third kappa shape index (κ3) is 6.12. The molecule has 1 fully saturated rings. The maximum atomic E-state index is 12.1. The Labute approximate surface area is 167 Å². The van der Waals surface area contributed by atoms with E-state index in [1.165, 1.54) is 0 Å². The molecule has 2 atom stereocenters. The molecule has 7 heteroatoms. The van der Waals surface area contributed by atoms with Crippen molar-refractivity contribution in [3.05, 3.63) is 23.8 Å². The van der Waals surface area contributed by atoms with Crippen LogP contribution in [-0.4, -0.2) is 64.3 Å². The van der Waals surface area contributed by atoms with Crippen molar-refractivity contribution in [2.45, 2.75) is 44.6 Å². The number of rotatable bonds is 11. The molecule has 0 saturated carbocycles. The van der Waals surface area contributed by atoms with Crippen LogP contribution in [0.2, 0.25) is 0 Å². The Hall–Kier alpha value is -2.28. The van der Waals surface area contributed by atoms with Gasteiger partial charge in [-0.25, -0.2) is 0 Å². The van der Waals surface area contributed by atoms with Gasteiger partial charge in [0.2, 0.25) is 0 Å². The fourth-order valence-corrected chi connectivity index (χ4v) is 3.48. The molecule has 0 aromatic heterocycles. The summed E-state index contributed by atoms with van der Waals surface area (Å²) in [6, 6.07) is 6.06. The minimum atomic E-state index is -0.214. The molecule has 1 heterocycles. The first-order chi connectivity index (χ1) is 13.6.